The van der Waals surface area contributed by atoms with Gasteiger partial charge in [-0.05, 0) is 30.7 Å². The zero-order chi connectivity index (χ0) is 15.2. The van der Waals surface area contributed by atoms with E-state index in [1.54, 1.807) is 0 Å². The average Bonchev–Trinajstić information content (AvgIpc) is 2.88. The summed E-state index contributed by atoms with van der Waals surface area (Å²) in [5.41, 5.74) is 1.29. The first-order chi connectivity index (χ1) is 10.1. The molecule has 2 N–H and O–H groups in total. The van der Waals surface area contributed by atoms with Crippen molar-refractivity contribution in [3.8, 4) is 0 Å². The summed E-state index contributed by atoms with van der Waals surface area (Å²) < 4.78 is 5.39. The number of nitrogens with one attached hydrogen (secondary N) is 1. The third-order valence-corrected chi connectivity index (χ3v) is 3.62. The van der Waals surface area contributed by atoms with Gasteiger partial charge in [0, 0.05) is 18.5 Å². The lowest BCUT2D eigenvalue weighted by Crippen LogP contribution is -2.30. The van der Waals surface area contributed by atoms with Crippen LogP contribution in [0.15, 0.2) is 34.9 Å². The quantitative estimate of drug-likeness (QED) is 0.822. The molecule has 0 aliphatic carbocycles. The minimum atomic E-state index is -0.119. The Labute approximate surface area is 125 Å². The van der Waals surface area contributed by atoms with Gasteiger partial charge in [-0.3, -0.25) is 4.79 Å². The summed E-state index contributed by atoms with van der Waals surface area (Å²) in [6.45, 7) is 5.03. The fourth-order valence-corrected chi connectivity index (χ4v) is 2.64. The molecule has 1 aromatic heterocycles. The Hall–Kier alpha value is -1.81. The van der Waals surface area contributed by atoms with Gasteiger partial charge in [-0.2, -0.15) is 0 Å². The van der Waals surface area contributed by atoms with Crippen molar-refractivity contribution in [1.29, 1.82) is 0 Å². The fraction of sp³-hybridized carbons (Fsp3) is 0.471. The molecule has 21 heavy (non-hydrogen) atoms. The molecule has 0 bridgehead atoms. The molecular formula is C17H23NO3. The number of rotatable bonds is 7. The van der Waals surface area contributed by atoms with E-state index in [-0.39, 0.29) is 12.5 Å². The number of carbonyl (C=O) groups excluding carboxylic acids is 1. The Kier molecular flexibility index (Phi) is 5.39. The summed E-state index contributed by atoms with van der Waals surface area (Å²) in [6.07, 6.45) is 3.21. The van der Waals surface area contributed by atoms with Crippen LogP contribution in [0.25, 0.3) is 11.0 Å². The number of aliphatic hydroxyl groups excluding tert-OH is 1. The maximum atomic E-state index is 12.3. The Morgan fingerprint density at radius 2 is 2.10 bits per heavy atom. The first-order valence-corrected chi connectivity index (χ1v) is 7.47. The smallest absolute Gasteiger partial charge is 0.255 e. The molecule has 1 atom stereocenters. The summed E-state index contributed by atoms with van der Waals surface area (Å²) in [4.78, 5) is 12.3. The Morgan fingerprint density at radius 1 is 1.33 bits per heavy atom. The molecule has 2 rings (SSSR count). The van der Waals surface area contributed by atoms with E-state index in [4.69, 9.17) is 9.52 Å². The number of para-hydroxylation sites is 1. The molecule has 2 aromatic rings. The minimum absolute atomic E-state index is 0.119. The topological polar surface area (TPSA) is 62.5 Å². The largest absolute Gasteiger partial charge is 0.463 e. The molecule has 0 aliphatic heterocycles. The van der Waals surface area contributed by atoms with E-state index < -0.39 is 0 Å². The predicted octanol–water partition coefficient (Wildman–Crippen LogP) is 3.21. The molecule has 0 saturated carbocycles. The summed E-state index contributed by atoms with van der Waals surface area (Å²) in [6, 6.07) is 7.50. The monoisotopic (exact) mass is 289 g/mol. The van der Waals surface area contributed by atoms with Crippen molar-refractivity contribution >= 4 is 16.9 Å². The standard InChI is InChI=1S/C17H23NO3/c1-12(2)9-13(7-8-19)10-18-17(20)15-11-21-16-6-4-3-5-14(15)16/h3-6,11-13,19H,7-10H2,1-2H3,(H,18,20). The van der Waals surface area contributed by atoms with Crippen molar-refractivity contribution in [2.75, 3.05) is 13.2 Å². The number of aliphatic hydroxyl groups is 1. The molecule has 114 valence electrons. The Morgan fingerprint density at radius 3 is 2.81 bits per heavy atom. The van der Waals surface area contributed by atoms with E-state index in [1.807, 2.05) is 24.3 Å². The van der Waals surface area contributed by atoms with Gasteiger partial charge in [0.25, 0.3) is 5.91 Å². The van der Waals surface area contributed by atoms with E-state index in [2.05, 4.69) is 19.2 Å². The van der Waals surface area contributed by atoms with Crippen molar-refractivity contribution in [2.45, 2.75) is 26.7 Å². The van der Waals surface area contributed by atoms with Gasteiger partial charge in [-0.1, -0.05) is 32.0 Å². The molecule has 0 radical (unpaired) electrons. The summed E-state index contributed by atoms with van der Waals surface area (Å²) in [5.74, 6) is 0.733. The van der Waals surface area contributed by atoms with Crippen molar-refractivity contribution in [1.82, 2.24) is 5.32 Å². The number of fused-ring (bicyclic) bond motifs is 1. The van der Waals surface area contributed by atoms with E-state index in [9.17, 15) is 4.79 Å². The second kappa shape index (κ2) is 7.27. The van der Waals surface area contributed by atoms with Crippen LogP contribution in [0.2, 0.25) is 0 Å². The van der Waals surface area contributed by atoms with Crippen LogP contribution in [-0.2, 0) is 0 Å². The molecule has 0 spiro atoms. The second-order valence-corrected chi connectivity index (χ2v) is 5.86. The molecule has 0 fully saturated rings. The van der Waals surface area contributed by atoms with Gasteiger partial charge in [-0.15, -0.1) is 0 Å². The molecule has 0 saturated heterocycles. The van der Waals surface area contributed by atoms with Crippen LogP contribution in [0.4, 0.5) is 0 Å². The zero-order valence-corrected chi connectivity index (χ0v) is 12.6. The summed E-state index contributed by atoms with van der Waals surface area (Å²) in [5, 5.41) is 12.9. The van der Waals surface area contributed by atoms with Crippen LogP contribution in [-0.4, -0.2) is 24.2 Å². The first kappa shape index (κ1) is 15.6. The van der Waals surface area contributed by atoms with Gasteiger partial charge in [-0.25, -0.2) is 0 Å². The molecule has 1 unspecified atom stereocenters. The van der Waals surface area contributed by atoms with Crippen molar-refractivity contribution in [2.24, 2.45) is 11.8 Å². The highest BCUT2D eigenvalue weighted by Crippen LogP contribution is 2.21. The Bertz CT molecular complexity index is 588. The first-order valence-electron chi connectivity index (χ1n) is 7.47. The molecule has 1 aromatic carbocycles. The number of amides is 1. The number of hydrogen-bond donors (Lipinski definition) is 2. The van der Waals surface area contributed by atoms with E-state index in [0.29, 0.717) is 30.4 Å². The maximum Gasteiger partial charge on any atom is 0.255 e. The Balaban J connectivity index is 2.00. The number of benzene rings is 1. The average molecular weight is 289 g/mol. The highest BCUT2D eigenvalue weighted by molar-refractivity contribution is 6.05. The lowest BCUT2D eigenvalue weighted by Gasteiger charge is -2.18. The highest BCUT2D eigenvalue weighted by atomic mass is 16.3. The van der Waals surface area contributed by atoms with Crippen molar-refractivity contribution in [3.63, 3.8) is 0 Å². The van der Waals surface area contributed by atoms with Crippen LogP contribution in [0.3, 0.4) is 0 Å². The van der Waals surface area contributed by atoms with Crippen LogP contribution in [0.5, 0.6) is 0 Å². The number of furan rings is 1. The van der Waals surface area contributed by atoms with E-state index >= 15 is 0 Å². The molecule has 4 nitrogen and oxygen atoms in total. The van der Waals surface area contributed by atoms with Crippen LogP contribution in [0.1, 0.15) is 37.0 Å². The van der Waals surface area contributed by atoms with Gasteiger partial charge in [0.05, 0.1) is 5.56 Å². The maximum absolute atomic E-state index is 12.3. The summed E-state index contributed by atoms with van der Waals surface area (Å²) in [7, 11) is 0. The molecule has 1 heterocycles. The van der Waals surface area contributed by atoms with Gasteiger partial charge >= 0.3 is 0 Å². The van der Waals surface area contributed by atoms with Gasteiger partial charge in [0.2, 0.25) is 0 Å². The fourth-order valence-electron chi connectivity index (χ4n) is 2.64. The highest BCUT2D eigenvalue weighted by Gasteiger charge is 2.16. The molecule has 4 heteroatoms. The number of hydrogen-bond acceptors (Lipinski definition) is 3. The normalized spacial score (nSPS) is 12.8. The van der Waals surface area contributed by atoms with Crippen molar-refractivity contribution < 1.29 is 14.3 Å². The van der Waals surface area contributed by atoms with Gasteiger partial charge < -0.3 is 14.8 Å². The lowest BCUT2D eigenvalue weighted by molar-refractivity contribution is 0.0942. The van der Waals surface area contributed by atoms with Crippen LogP contribution in [0, 0.1) is 11.8 Å². The molecule has 0 aliphatic rings. The molecular weight excluding hydrogens is 266 g/mol. The van der Waals surface area contributed by atoms with Crippen molar-refractivity contribution in [3.05, 3.63) is 36.1 Å². The van der Waals surface area contributed by atoms with Crippen LogP contribution >= 0.6 is 0 Å². The van der Waals surface area contributed by atoms with E-state index in [1.165, 1.54) is 6.26 Å². The minimum Gasteiger partial charge on any atom is -0.463 e. The third-order valence-electron chi connectivity index (χ3n) is 3.62. The third kappa shape index (κ3) is 4.08. The lowest BCUT2D eigenvalue weighted by atomic mass is 9.94. The zero-order valence-electron chi connectivity index (χ0n) is 12.6. The number of carbonyl (C=O) groups is 1. The van der Waals surface area contributed by atoms with Crippen LogP contribution < -0.4 is 5.32 Å². The predicted molar refractivity (Wildman–Crippen MR) is 83.2 cm³/mol. The van der Waals surface area contributed by atoms with E-state index in [0.717, 1.165) is 17.4 Å². The SMILES string of the molecule is CC(C)CC(CCO)CNC(=O)c1coc2ccccc12. The summed E-state index contributed by atoms with van der Waals surface area (Å²) >= 11 is 0. The van der Waals surface area contributed by atoms with Gasteiger partial charge in [0.15, 0.2) is 0 Å². The van der Waals surface area contributed by atoms with Gasteiger partial charge in [0.1, 0.15) is 11.8 Å². The second-order valence-electron chi connectivity index (χ2n) is 5.86. The molecule has 1 amide bonds.